The fourth-order valence-electron chi connectivity index (χ4n) is 0.947. The molecule has 1 fully saturated rings. The number of rotatable bonds is 0. The minimum absolute atomic E-state index is 0.302. The zero-order valence-electron chi connectivity index (χ0n) is 5.61. The van der Waals surface area contributed by atoms with Gasteiger partial charge in [0.15, 0.2) is 5.78 Å². The highest BCUT2D eigenvalue weighted by Gasteiger charge is 2.11. The first-order chi connectivity index (χ1) is 4.34. The fourth-order valence-corrected chi connectivity index (χ4v) is 0.947. The van der Waals surface area contributed by atoms with Crippen molar-refractivity contribution in [1.29, 1.82) is 0 Å². The topological polar surface area (TPSA) is 29.1 Å². The molecule has 1 saturated heterocycles. The van der Waals surface area contributed by atoms with Gasteiger partial charge in [-0.2, -0.15) is 0 Å². The first-order valence-corrected chi connectivity index (χ1v) is 3.23. The van der Waals surface area contributed by atoms with E-state index < -0.39 is 0 Å². The van der Waals surface area contributed by atoms with Gasteiger partial charge >= 0.3 is 0 Å². The summed E-state index contributed by atoms with van der Waals surface area (Å²) in [5, 5.41) is 3.13. The smallest absolute Gasteiger partial charge is 0.161 e. The van der Waals surface area contributed by atoms with Crippen LogP contribution in [0.5, 0.6) is 0 Å². The molecule has 0 aromatic rings. The second-order valence-electron chi connectivity index (χ2n) is 2.16. The molecule has 0 radical (unpaired) electrons. The minimum atomic E-state index is 0.302. The molecule has 0 bridgehead atoms. The molecule has 1 heterocycles. The molecule has 1 aliphatic heterocycles. The lowest BCUT2D eigenvalue weighted by Crippen LogP contribution is -2.30. The number of carbonyl (C=O) groups is 1. The van der Waals surface area contributed by atoms with E-state index in [4.69, 9.17) is 0 Å². The molecule has 0 amide bonds. The summed E-state index contributed by atoms with van der Waals surface area (Å²) in [6.07, 6.45) is 2.55. The summed E-state index contributed by atoms with van der Waals surface area (Å²) in [7, 11) is 0. The number of piperidine rings is 1. The Bertz CT molecular complexity index is 149. The third-order valence-electron chi connectivity index (χ3n) is 1.55. The molecule has 0 spiro atoms. The molecule has 9 heavy (non-hydrogen) atoms. The van der Waals surface area contributed by atoms with E-state index in [1.54, 1.807) is 0 Å². The first kappa shape index (κ1) is 6.49. The van der Waals surface area contributed by atoms with E-state index in [9.17, 15) is 4.79 Å². The Morgan fingerprint density at radius 3 is 2.89 bits per heavy atom. The Kier molecular flexibility index (Phi) is 2.01. The maximum atomic E-state index is 10.9. The number of Topliss-reactive ketones (excluding diaryl/α,β-unsaturated/α-hetero) is 1. The molecule has 50 valence electrons. The first-order valence-electron chi connectivity index (χ1n) is 3.23. The van der Waals surface area contributed by atoms with Gasteiger partial charge in [0.2, 0.25) is 0 Å². The van der Waals surface area contributed by atoms with Crippen molar-refractivity contribution < 1.29 is 4.79 Å². The molecule has 0 aromatic heterocycles. The Hall–Kier alpha value is -0.630. The van der Waals surface area contributed by atoms with E-state index in [-0.39, 0.29) is 0 Å². The average Bonchev–Trinajstić information content (AvgIpc) is 1.89. The maximum Gasteiger partial charge on any atom is 0.161 e. The highest BCUT2D eigenvalue weighted by Crippen LogP contribution is 2.02. The van der Waals surface area contributed by atoms with Crippen LogP contribution in [0.2, 0.25) is 0 Å². The van der Waals surface area contributed by atoms with Gasteiger partial charge in [-0.15, -0.1) is 0 Å². The van der Waals surface area contributed by atoms with Gasteiger partial charge in [0, 0.05) is 25.1 Å². The lowest BCUT2D eigenvalue weighted by Gasteiger charge is -2.12. The van der Waals surface area contributed by atoms with Crippen molar-refractivity contribution in [3.8, 4) is 0 Å². The molecule has 0 saturated carbocycles. The molecule has 2 nitrogen and oxygen atoms in total. The van der Waals surface area contributed by atoms with E-state index in [1.165, 1.54) is 0 Å². The number of allylic oxidation sites excluding steroid dienone is 1. The zero-order valence-corrected chi connectivity index (χ0v) is 5.61. The summed E-state index contributed by atoms with van der Waals surface area (Å²) in [6.45, 7) is 3.51. The monoisotopic (exact) mass is 125 g/mol. The standard InChI is InChI=1S/C7H11NO/c1-2-6-5-8-4-3-7(6)9/h2,8H,3-5H2,1H3. The Balaban J connectivity index is 2.60. The molecular formula is C7H11NO. The molecule has 0 unspecified atom stereocenters. The molecule has 1 rings (SSSR count). The van der Waals surface area contributed by atoms with Crippen LogP contribution in [0.25, 0.3) is 0 Å². The van der Waals surface area contributed by atoms with Crippen molar-refractivity contribution in [3.63, 3.8) is 0 Å². The van der Waals surface area contributed by atoms with E-state index in [0.717, 1.165) is 18.7 Å². The van der Waals surface area contributed by atoms with E-state index in [0.29, 0.717) is 12.2 Å². The van der Waals surface area contributed by atoms with Crippen molar-refractivity contribution in [2.24, 2.45) is 0 Å². The predicted octanol–water partition coefficient (Wildman–Crippen LogP) is 0.495. The maximum absolute atomic E-state index is 10.9. The van der Waals surface area contributed by atoms with Crippen LogP contribution < -0.4 is 5.32 Å². The zero-order chi connectivity index (χ0) is 6.69. The number of hydrogen-bond acceptors (Lipinski definition) is 2. The third-order valence-corrected chi connectivity index (χ3v) is 1.55. The van der Waals surface area contributed by atoms with Crippen molar-refractivity contribution in [2.45, 2.75) is 13.3 Å². The summed E-state index contributed by atoms with van der Waals surface area (Å²) >= 11 is 0. The van der Waals surface area contributed by atoms with Gasteiger partial charge in [-0.25, -0.2) is 0 Å². The van der Waals surface area contributed by atoms with E-state index in [2.05, 4.69) is 5.32 Å². The summed E-state index contributed by atoms with van der Waals surface area (Å²) < 4.78 is 0. The molecule has 0 aromatic carbocycles. The van der Waals surface area contributed by atoms with Gasteiger partial charge in [-0.3, -0.25) is 4.79 Å². The SMILES string of the molecule is CC=C1CNCCC1=O. The molecule has 1 aliphatic rings. The van der Waals surface area contributed by atoms with Gasteiger partial charge in [0.1, 0.15) is 0 Å². The van der Waals surface area contributed by atoms with Crippen LogP contribution in [-0.2, 0) is 4.79 Å². The van der Waals surface area contributed by atoms with Crippen LogP contribution in [0.3, 0.4) is 0 Å². The second-order valence-corrected chi connectivity index (χ2v) is 2.16. The van der Waals surface area contributed by atoms with Crippen molar-refractivity contribution in [3.05, 3.63) is 11.6 Å². The highest BCUT2D eigenvalue weighted by molar-refractivity contribution is 5.96. The van der Waals surface area contributed by atoms with Crippen LogP contribution in [-0.4, -0.2) is 18.9 Å². The Labute approximate surface area is 54.9 Å². The van der Waals surface area contributed by atoms with E-state index >= 15 is 0 Å². The minimum Gasteiger partial charge on any atom is -0.312 e. The largest absolute Gasteiger partial charge is 0.312 e. The van der Waals surface area contributed by atoms with Crippen LogP contribution in [0.4, 0.5) is 0 Å². The van der Waals surface area contributed by atoms with Crippen LogP contribution in [0.1, 0.15) is 13.3 Å². The number of carbonyl (C=O) groups excluding carboxylic acids is 1. The summed E-state index contributed by atoms with van der Waals surface area (Å²) in [4.78, 5) is 10.9. The van der Waals surface area contributed by atoms with Crippen molar-refractivity contribution >= 4 is 5.78 Å². The van der Waals surface area contributed by atoms with Crippen molar-refractivity contribution in [2.75, 3.05) is 13.1 Å². The van der Waals surface area contributed by atoms with Gasteiger partial charge in [-0.05, 0) is 6.92 Å². The fraction of sp³-hybridized carbons (Fsp3) is 0.571. The summed E-state index contributed by atoms with van der Waals surface area (Å²) in [5.74, 6) is 0.302. The van der Waals surface area contributed by atoms with Crippen LogP contribution >= 0.6 is 0 Å². The van der Waals surface area contributed by atoms with Crippen molar-refractivity contribution in [1.82, 2.24) is 5.32 Å². The van der Waals surface area contributed by atoms with Gasteiger partial charge < -0.3 is 5.32 Å². The lowest BCUT2D eigenvalue weighted by molar-refractivity contribution is -0.116. The molecular weight excluding hydrogens is 114 g/mol. The second kappa shape index (κ2) is 2.78. The third kappa shape index (κ3) is 1.39. The molecule has 0 atom stereocenters. The quantitative estimate of drug-likeness (QED) is 0.477. The Morgan fingerprint density at radius 1 is 1.67 bits per heavy atom. The van der Waals surface area contributed by atoms with E-state index in [1.807, 2.05) is 13.0 Å². The lowest BCUT2D eigenvalue weighted by atomic mass is 10.1. The van der Waals surface area contributed by atoms with Gasteiger partial charge in [0.25, 0.3) is 0 Å². The predicted molar refractivity (Wildman–Crippen MR) is 36.3 cm³/mol. The van der Waals surface area contributed by atoms with Gasteiger partial charge in [-0.1, -0.05) is 6.08 Å². The van der Waals surface area contributed by atoms with Crippen LogP contribution in [0, 0.1) is 0 Å². The summed E-state index contributed by atoms with van der Waals surface area (Å²) in [6, 6.07) is 0. The van der Waals surface area contributed by atoms with Crippen LogP contribution in [0.15, 0.2) is 11.6 Å². The normalized spacial score (nSPS) is 25.0. The number of ketones is 1. The van der Waals surface area contributed by atoms with Gasteiger partial charge in [0.05, 0.1) is 0 Å². The highest BCUT2D eigenvalue weighted by atomic mass is 16.1. The molecule has 2 heteroatoms. The molecule has 0 aliphatic carbocycles. The average molecular weight is 125 g/mol. The summed E-state index contributed by atoms with van der Waals surface area (Å²) in [5.41, 5.74) is 0.932. The number of nitrogens with one attached hydrogen (secondary N) is 1. The Morgan fingerprint density at radius 2 is 2.44 bits per heavy atom. The number of hydrogen-bond donors (Lipinski definition) is 1. The molecule has 1 N–H and O–H groups in total.